The van der Waals surface area contributed by atoms with Crippen molar-refractivity contribution in [2.75, 3.05) is 18.5 Å². The Morgan fingerprint density at radius 2 is 1.87 bits per heavy atom. The van der Waals surface area contributed by atoms with Crippen LogP contribution in [0.3, 0.4) is 0 Å². The van der Waals surface area contributed by atoms with Gasteiger partial charge in [-0.2, -0.15) is 0 Å². The predicted molar refractivity (Wildman–Crippen MR) is 123 cm³/mol. The molecule has 1 aliphatic heterocycles. The third-order valence-electron chi connectivity index (χ3n) is 6.36. The van der Waals surface area contributed by atoms with Crippen LogP contribution in [0.1, 0.15) is 62.5 Å². The number of nitrogens with zero attached hydrogens (tertiary/aromatic N) is 4. The summed E-state index contributed by atoms with van der Waals surface area (Å²) in [6, 6.07) is 7.92. The smallest absolute Gasteiger partial charge is 0.320 e. The van der Waals surface area contributed by atoms with Crippen molar-refractivity contribution in [3.05, 3.63) is 52.9 Å². The number of imidazole rings is 1. The zero-order chi connectivity index (χ0) is 21.3. The molecule has 0 unspecified atom stereocenters. The van der Waals surface area contributed by atoms with Gasteiger partial charge in [0.25, 0.3) is 0 Å². The van der Waals surface area contributed by atoms with Gasteiger partial charge in [0.1, 0.15) is 11.5 Å². The lowest BCUT2D eigenvalue weighted by Crippen LogP contribution is -2.44. The van der Waals surface area contributed by atoms with E-state index in [0.29, 0.717) is 19.0 Å². The van der Waals surface area contributed by atoms with E-state index in [4.69, 9.17) is 16.6 Å². The highest BCUT2D eigenvalue weighted by Crippen LogP contribution is 2.37. The summed E-state index contributed by atoms with van der Waals surface area (Å²) in [5.74, 6) is 2.45. The molecule has 1 aromatic heterocycles. The van der Waals surface area contributed by atoms with Crippen molar-refractivity contribution in [3.8, 4) is 0 Å². The number of urea groups is 1. The largest absolute Gasteiger partial charge is 0.329 e. The third-order valence-corrected chi connectivity index (χ3v) is 6.61. The van der Waals surface area contributed by atoms with Crippen LogP contribution in [0.2, 0.25) is 5.02 Å². The topological polar surface area (TPSA) is 41.4 Å². The van der Waals surface area contributed by atoms with Gasteiger partial charge in [-0.15, -0.1) is 0 Å². The van der Waals surface area contributed by atoms with Crippen LogP contribution in [0.15, 0.2) is 30.8 Å². The Labute approximate surface area is 184 Å². The molecular formula is C24H31ClN4O. The number of hydrogen-bond acceptors (Lipinski definition) is 2. The second-order valence-electron chi connectivity index (χ2n) is 8.56. The second kappa shape index (κ2) is 8.84. The summed E-state index contributed by atoms with van der Waals surface area (Å²) in [6.45, 7) is 7.75. The minimum atomic E-state index is -0.0466. The monoisotopic (exact) mass is 426 g/mol. The number of anilines is 1. The first-order chi connectivity index (χ1) is 14.5. The van der Waals surface area contributed by atoms with E-state index in [2.05, 4.69) is 30.2 Å². The number of halogens is 1. The lowest BCUT2D eigenvalue weighted by molar-refractivity contribution is 0.224. The van der Waals surface area contributed by atoms with E-state index < -0.39 is 0 Å². The molecule has 0 atom stereocenters. The molecule has 4 rings (SSSR count). The maximum absolute atomic E-state index is 12.9. The summed E-state index contributed by atoms with van der Waals surface area (Å²) in [4.78, 5) is 21.4. The molecule has 2 amide bonds. The SMILES string of the molecule is C=C1c2c(nc(CC3CCCCC3)n2Cc2ccc(Cl)cc2)N(C)C(=O)N1CCC. The van der Waals surface area contributed by atoms with Crippen molar-refractivity contribution in [2.45, 2.75) is 58.4 Å². The van der Waals surface area contributed by atoms with Gasteiger partial charge < -0.3 is 4.57 Å². The summed E-state index contributed by atoms with van der Waals surface area (Å²) < 4.78 is 2.28. The highest BCUT2D eigenvalue weighted by Gasteiger charge is 2.36. The molecule has 0 radical (unpaired) electrons. The van der Waals surface area contributed by atoms with Gasteiger partial charge in [0.15, 0.2) is 5.82 Å². The number of fused-ring (bicyclic) bond motifs is 1. The maximum Gasteiger partial charge on any atom is 0.329 e. The Morgan fingerprint density at radius 1 is 1.17 bits per heavy atom. The van der Waals surface area contributed by atoms with E-state index in [1.54, 1.807) is 9.80 Å². The van der Waals surface area contributed by atoms with Crippen LogP contribution in [0.25, 0.3) is 5.70 Å². The molecule has 2 heterocycles. The van der Waals surface area contributed by atoms with Crippen LogP contribution in [0.5, 0.6) is 0 Å². The molecule has 2 aromatic rings. The highest BCUT2D eigenvalue weighted by molar-refractivity contribution is 6.30. The molecule has 30 heavy (non-hydrogen) atoms. The van der Waals surface area contributed by atoms with Gasteiger partial charge in [-0.1, -0.05) is 69.3 Å². The van der Waals surface area contributed by atoms with E-state index in [-0.39, 0.29) is 6.03 Å². The summed E-state index contributed by atoms with van der Waals surface area (Å²) in [7, 11) is 1.82. The number of carbonyl (C=O) groups excluding carboxylic acids is 1. The van der Waals surface area contributed by atoms with Crippen LogP contribution < -0.4 is 4.90 Å². The van der Waals surface area contributed by atoms with E-state index in [9.17, 15) is 4.79 Å². The second-order valence-corrected chi connectivity index (χ2v) is 9.00. The van der Waals surface area contributed by atoms with Crippen molar-refractivity contribution < 1.29 is 4.79 Å². The van der Waals surface area contributed by atoms with Crippen LogP contribution in [-0.4, -0.2) is 34.1 Å². The van der Waals surface area contributed by atoms with E-state index in [0.717, 1.165) is 40.9 Å². The van der Waals surface area contributed by atoms with Crippen molar-refractivity contribution >= 4 is 29.1 Å². The first-order valence-electron chi connectivity index (χ1n) is 11.1. The zero-order valence-corrected chi connectivity index (χ0v) is 18.8. The van der Waals surface area contributed by atoms with Gasteiger partial charge in [0.05, 0.1) is 5.70 Å². The van der Waals surface area contributed by atoms with Crippen LogP contribution >= 0.6 is 11.6 Å². The maximum atomic E-state index is 12.9. The van der Waals surface area contributed by atoms with E-state index in [1.807, 2.05) is 19.2 Å². The average molecular weight is 427 g/mol. The van der Waals surface area contributed by atoms with Crippen molar-refractivity contribution in [1.82, 2.24) is 14.5 Å². The van der Waals surface area contributed by atoms with Gasteiger partial charge in [0.2, 0.25) is 0 Å². The van der Waals surface area contributed by atoms with Gasteiger partial charge in [-0.25, -0.2) is 9.78 Å². The van der Waals surface area contributed by atoms with Crippen molar-refractivity contribution in [1.29, 1.82) is 0 Å². The molecule has 6 heteroatoms. The fraction of sp³-hybridized carbons (Fsp3) is 0.500. The Balaban J connectivity index is 1.76. The van der Waals surface area contributed by atoms with Gasteiger partial charge >= 0.3 is 6.03 Å². The molecule has 1 fully saturated rings. The summed E-state index contributed by atoms with van der Waals surface area (Å²) in [6.07, 6.45) is 8.30. The standard InChI is InChI=1S/C24H31ClN4O/c1-4-14-28-17(2)22-23(27(3)24(28)30)26-21(15-18-8-6-5-7-9-18)29(22)16-19-10-12-20(25)13-11-19/h10-13,18H,2,4-9,14-16H2,1,3H3. The van der Waals surface area contributed by atoms with Crippen LogP contribution in [-0.2, 0) is 13.0 Å². The Bertz CT molecular complexity index is 927. The van der Waals surface area contributed by atoms with Crippen LogP contribution in [0, 0.1) is 5.92 Å². The lowest BCUT2D eigenvalue weighted by atomic mass is 9.87. The Hall–Kier alpha value is -2.27. The summed E-state index contributed by atoms with van der Waals surface area (Å²) in [5.41, 5.74) is 2.89. The van der Waals surface area contributed by atoms with Crippen molar-refractivity contribution in [2.24, 2.45) is 5.92 Å². The van der Waals surface area contributed by atoms with Gasteiger partial charge in [-0.05, 0) is 30.0 Å². The fourth-order valence-electron chi connectivity index (χ4n) is 4.72. The molecule has 160 valence electrons. The van der Waals surface area contributed by atoms with Gasteiger partial charge in [-0.3, -0.25) is 9.80 Å². The average Bonchev–Trinajstić information content (AvgIpc) is 3.10. The molecular weight excluding hydrogens is 396 g/mol. The van der Waals surface area contributed by atoms with E-state index >= 15 is 0 Å². The number of carbonyl (C=O) groups is 1. The van der Waals surface area contributed by atoms with E-state index in [1.165, 1.54) is 37.7 Å². The minimum Gasteiger partial charge on any atom is -0.320 e. The molecule has 1 aliphatic carbocycles. The number of aromatic nitrogens is 2. The quantitative estimate of drug-likeness (QED) is 0.571. The van der Waals surface area contributed by atoms with Crippen LogP contribution in [0.4, 0.5) is 10.6 Å². The van der Waals surface area contributed by atoms with Gasteiger partial charge in [0, 0.05) is 31.6 Å². The number of hydrogen-bond donors (Lipinski definition) is 0. The predicted octanol–water partition coefficient (Wildman–Crippen LogP) is 5.96. The number of benzene rings is 1. The molecule has 0 N–H and O–H groups in total. The normalized spacial score (nSPS) is 17.6. The zero-order valence-electron chi connectivity index (χ0n) is 18.0. The molecule has 5 nitrogen and oxygen atoms in total. The summed E-state index contributed by atoms with van der Waals surface area (Å²) in [5, 5.41) is 0.734. The molecule has 2 aliphatic rings. The molecule has 0 bridgehead atoms. The highest BCUT2D eigenvalue weighted by atomic mass is 35.5. The minimum absolute atomic E-state index is 0.0466. The Kier molecular flexibility index (Phi) is 6.19. The molecule has 1 aromatic carbocycles. The van der Waals surface area contributed by atoms with Crippen molar-refractivity contribution in [3.63, 3.8) is 0 Å². The molecule has 0 saturated heterocycles. The first kappa shape index (κ1) is 21.0. The lowest BCUT2D eigenvalue weighted by Gasteiger charge is -2.34. The number of amides is 2. The molecule has 0 spiro atoms. The third kappa shape index (κ3) is 4.00. The Morgan fingerprint density at radius 3 is 2.53 bits per heavy atom. The molecule has 1 saturated carbocycles. The fourth-order valence-corrected chi connectivity index (χ4v) is 4.85. The summed E-state index contributed by atoms with van der Waals surface area (Å²) >= 11 is 6.10. The first-order valence-corrected chi connectivity index (χ1v) is 11.5. The number of rotatable bonds is 6.